The SMILES string of the molecule is COC(=O)[C@@H]1CCN[C@@H]1C.COC(=O)[C@H]1CCN[C@@H]1C. The van der Waals surface area contributed by atoms with Crippen LogP contribution in [0.25, 0.3) is 0 Å². The molecule has 116 valence electrons. The molecule has 0 radical (unpaired) electrons. The molecule has 20 heavy (non-hydrogen) atoms. The third-order valence-electron chi connectivity index (χ3n) is 4.06. The zero-order chi connectivity index (χ0) is 15.1. The maximum Gasteiger partial charge on any atom is 0.310 e. The molecular formula is C14H26N2O4. The van der Waals surface area contributed by atoms with E-state index in [1.54, 1.807) is 0 Å². The number of carbonyl (C=O) groups is 2. The van der Waals surface area contributed by atoms with E-state index in [1.165, 1.54) is 14.2 Å². The third kappa shape index (κ3) is 4.45. The van der Waals surface area contributed by atoms with Crippen molar-refractivity contribution in [2.75, 3.05) is 27.3 Å². The summed E-state index contributed by atoms with van der Waals surface area (Å²) < 4.78 is 9.25. The zero-order valence-corrected chi connectivity index (χ0v) is 12.8. The Bertz CT molecular complexity index is 303. The van der Waals surface area contributed by atoms with E-state index in [2.05, 4.69) is 20.1 Å². The lowest BCUT2D eigenvalue weighted by Gasteiger charge is -2.10. The Labute approximate surface area is 120 Å². The van der Waals surface area contributed by atoms with Crippen molar-refractivity contribution in [3.63, 3.8) is 0 Å². The molecule has 6 heteroatoms. The van der Waals surface area contributed by atoms with Crippen molar-refractivity contribution in [3.8, 4) is 0 Å². The van der Waals surface area contributed by atoms with Crippen LogP contribution in [0.2, 0.25) is 0 Å². The fourth-order valence-electron chi connectivity index (χ4n) is 2.66. The van der Waals surface area contributed by atoms with E-state index in [1.807, 2.05) is 13.8 Å². The van der Waals surface area contributed by atoms with E-state index in [4.69, 9.17) is 0 Å². The minimum Gasteiger partial charge on any atom is -0.469 e. The maximum atomic E-state index is 11.0. The average Bonchev–Trinajstić information content (AvgIpc) is 3.06. The molecule has 0 amide bonds. The highest BCUT2D eigenvalue weighted by molar-refractivity contribution is 5.73. The van der Waals surface area contributed by atoms with Gasteiger partial charge in [-0.1, -0.05) is 0 Å². The Morgan fingerprint density at radius 1 is 0.850 bits per heavy atom. The minimum atomic E-state index is -0.0856. The molecule has 2 aliphatic heterocycles. The molecule has 0 saturated carbocycles. The summed E-state index contributed by atoms with van der Waals surface area (Å²) in [5.41, 5.74) is 0. The number of esters is 2. The highest BCUT2D eigenvalue weighted by atomic mass is 16.5. The molecule has 2 rings (SSSR count). The Morgan fingerprint density at radius 2 is 1.20 bits per heavy atom. The van der Waals surface area contributed by atoms with E-state index < -0.39 is 0 Å². The quantitative estimate of drug-likeness (QED) is 0.712. The van der Waals surface area contributed by atoms with E-state index >= 15 is 0 Å². The Morgan fingerprint density at radius 3 is 1.40 bits per heavy atom. The number of rotatable bonds is 2. The molecule has 2 aliphatic rings. The first-order chi connectivity index (χ1) is 9.51. The molecule has 2 saturated heterocycles. The van der Waals surface area contributed by atoms with Crippen molar-refractivity contribution in [2.45, 2.75) is 38.8 Å². The molecule has 0 spiro atoms. The van der Waals surface area contributed by atoms with Crippen LogP contribution >= 0.6 is 0 Å². The predicted molar refractivity (Wildman–Crippen MR) is 75.2 cm³/mol. The molecule has 0 aromatic rings. The van der Waals surface area contributed by atoms with E-state index in [-0.39, 0.29) is 35.9 Å². The number of ether oxygens (including phenoxy) is 2. The molecule has 4 atom stereocenters. The summed E-state index contributed by atoms with van der Waals surface area (Å²) in [7, 11) is 2.88. The van der Waals surface area contributed by atoms with E-state index in [9.17, 15) is 9.59 Å². The molecule has 2 heterocycles. The fraction of sp³-hybridized carbons (Fsp3) is 0.857. The lowest BCUT2D eigenvalue weighted by molar-refractivity contribution is -0.146. The number of hydrogen-bond donors (Lipinski definition) is 2. The van der Waals surface area contributed by atoms with Gasteiger partial charge in [0.1, 0.15) is 0 Å². The van der Waals surface area contributed by atoms with E-state index in [0.717, 1.165) is 25.9 Å². The average molecular weight is 286 g/mol. The summed E-state index contributed by atoms with van der Waals surface area (Å²) in [6.07, 6.45) is 1.82. The summed E-state index contributed by atoms with van der Waals surface area (Å²) in [4.78, 5) is 21.9. The summed E-state index contributed by atoms with van der Waals surface area (Å²) in [5.74, 6) is -0.0231. The Balaban J connectivity index is 0.000000200. The van der Waals surface area contributed by atoms with Crippen LogP contribution in [0.15, 0.2) is 0 Å². The zero-order valence-electron chi connectivity index (χ0n) is 12.8. The second kappa shape index (κ2) is 8.21. The Hall–Kier alpha value is -1.14. The van der Waals surface area contributed by atoms with Crippen LogP contribution in [0.3, 0.4) is 0 Å². The normalized spacial score (nSPS) is 32.2. The predicted octanol–water partition coefficient (Wildman–Crippen LogP) is 0.315. The van der Waals surface area contributed by atoms with Gasteiger partial charge in [-0.15, -0.1) is 0 Å². The highest BCUT2D eigenvalue weighted by Crippen LogP contribution is 2.16. The van der Waals surface area contributed by atoms with Crippen molar-refractivity contribution < 1.29 is 19.1 Å². The van der Waals surface area contributed by atoms with Gasteiger partial charge < -0.3 is 20.1 Å². The van der Waals surface area contributed by atoms with Gasteiger partial charge in [-0.05, 0) is 39.8 Å². The van der Waals surface area contributed by atoms with Crippen LogP contribution < -0.4 is 10.6 Å². The van der Waals surface area contributed by atoms with Crippen LogP contribution in [0.1, 0.15) is 26.7 Å². The fourth-order valence-corrected chi connectivity index (χ4v) is 2.66. The van der Waals surface area contributed by atoms with Gasteiger partial charge in [-0.25, -0.2) is 0 Å². The van der Waals surface area contributed by atoms with Crippen molar-refractivity contribution in [1.29, 1.82) is 0 Å². The number of nitrogens with one attached hydrogen (secondary N) is 2. The molecule has 2 N–H and O–H groups in total. The Kier molecular flexibility index (Phi) is 6.95. The third-order valence-corrected chi connectivity index (χ3v) is 4.06. The lowest BCUT2D eigenvalue weighted by Crippen LogP contribution is -2.28. The number of hydrogen-bond acceptors (Lipinski definition) is 6. The van der Waals surface area contributed by atoms with Crippen molar-refractivity contribution in [2.24, 2.45) is 11.8 Å². The first kappa shape index (κ1) is 16.9. The van der Waals surface area contributed by atoms with Crippen LogP contribution in [0, 0.1) is 11.8 Å². The van der Waals surface area contributed by atoms with Crippen LogP contribution in [-0.2, 0) is 19.1 Å². The minimum absolute atomic E-state index is 0.0741. The second-order valence-corrected chi connectivity index (χ2v) is 5.32. The molecular weight excluding hydrogens is 260 g/mol. The first-order valence-corrected chi connectivity index (χ1v) is 7.13. The molecule has 0 bridgehead atoms. The van der Waals surface area contributed by atoms with Gasteiger partial charge in [0.25, 0.3) is 0 Å². The molecule has 0 aromatic carbocycles. The van der Waals surface area contributed by atoms with Crippen molar-refractivity contribution in [1.82, 2.24) is 10.6 Å². The highest BCUT2D eigenvalue weighted by Gasteiger charge is 2.30. The summed E-state index contributed by atoms with van der Waals surface area (Å²) in [6, 6.07) is 0.569. The van der Waals surface area contributed by atoms with Crippen molar-refractivity contribution >= 4 is 11.9 Å². The molecule has 2 fully saturated rings. The molecule has 0 unspecified atom stereocenters. The van der Waals surface area contributed by atoms with Gasteiger partial charge in [0.05, 0.1) is 26.1 Å². The summed E-state index contributed by atoms with van der Waals surface area (Å²) >= 11 is 0. The van der Waals surface area contributed by atoms with Crippen molar-refractivity contribution in [3.05, 3.63) is 0 Å². The van der Waals surface area contributed by atoms with Gasteiger partial charge in [0, 0.05) is 12.1 Å². The number of methoxy groups -OCH3 is 2. The van der Waals surface area contributed by atoms with Gasteiger partial charge in [-0.3, -0.25) is 9.59 Å². The molecule has 0 aliphatic carbocycles. The largest absolute Gasteiger partial charge is 0.469 e. The van der Waals surface area contributed by atoms with Gasteiger partial charge in [0.2, 0.25) is 0 Å². The second-order valence-electron chi connectivity index (χ2n) is 5.32. The molecule has 0 aromatic heterocycles. The van der Waals surface area contributed by atoms with Gasteiger partial charge in [0.15, 0.2) is 0 Å². The number of carbonyl (C=O) groups excluding carboxylic acids is 2. The van der Waals surface area contributed by atoms with Crippen LogP contribution in [0.5, 0.6) is 0 Å². The van der Waals surface area contributed by atoms with Gasteiger partial charge >= 0.3 is 11.9 Å². The molecule has 6 nitrogen and oxygen atoms in total. The topological polar surface area (TPSA) is 76.7 Å². The van der Waals surface area contributed by atoms with Gasteiger partial charge in [-0.2, -0.15) is 0 Å². The lowest BCUT2D eigenvalue weighted by atomic mass is 10.0. The first-order valence-electron chi connectivity index (χ1n) is 7.13. The van der Waals surface area contributed by atoms with Crippen LogP contribution in [0.4, 0.5) is 0 Å². The maximum absolute atomic E-state index is 11.0. The van der Waals surface area contributed by atoms with E-state index in [0.29, 0.717) is 0 Å². The monoisotopic (exact) mass is 286 g/mol. The van der Waals surface area contributed by atoms with Crippen LogP contribution in [-0.4, -0.2) is 51.3 Å². The summed E-state index contributed by atoms with van der Waals surface area (Å²) in [5, 5.41) is 6.37. The summed E-state index contributed by atoms with van der Waals surface area (Å²) in [6.45, 7) is 5.88. The smallest absolute Gasteiger partial charge is 0.310 e. The standard InChI is InChI=1S/2C7H13NO2/c2*1-5-6(3-4-8-5)7(9)10-2/h2*5-6,8H,3-4H2,1-2H3/t5-,6+;5-,6-/m11/s1.